The molecule has 0 fully saturated rings. The number of nitrogens with two attached hydrogens (primary N) is 1. The molecule has 0 aliphatic heterocycles. The predicted molar refractivity (Wildman–Crippen MR) is 126 cm³/mol. The standard InChI is InChI=1S/C25H21N5O3/c1-33-24(32)20-9-5-4-8-19(20)14-30-22-21(23(31)28-25(30)26)29(15-27-22)13-16-10-11-17-6-2-3-7-18(17)12-16/h2-12,15H,13-14H2,1H3,(H2,26,28,31). The Labute approximate surface area is 188 Å². The van der Waals surface area contributed by atoms with Crippen LogP contribution in [0.15, 0.2) is 77.9 Å². The third-order valence-electron chi connectivity index (χ3n) is 5.69. The Balaban J connectivity index is 1.57. The number of esters is 1. The highest BCUT2D eigenvalue weighted by Crippen LogP contribution is 2.20. The lowest BCUT2D eigenvalue weighted by atomic mass is 10.1. The molecule has 0 saturated carbocycles. The first-order valence-corrected chi connectivity index (χ1v) is 10.4. The van der Waals surface area contributed by atoms with Crippen molar-refractivity contribution in [3.8, 4) is 0 Å². The lowest BCUT2D eigenvalue weighted by molar-refractivity contribution is 0.0599. The van der Waals surface area contributed by atoms with Crippen LogP contribution in [0.3, 0.4) is 0 Å². The van der Waals surface area contributed by atoms with Crippen LogP contribution in [-0.2, 0) is 17.8 Å². The SMILES string of the molecule is COC(=O)c1ccccc1Cn1c(N)nc(=O)c2c1ncn2Cc1ccc2ccccc2c1. The van der Waals surface area contributed by atoms with E-state index in [1.54, 1.807) is 27.6 Å². The van der Waals surface area contributed by atoms with Crippen LogP contribution >= 0.6 is 0 Å². The smallest absolute Gasteiger partial charge is 0.338 e. The van der Waals surface area contributed by atoms with Crippen molar-refractivity contribution >= 4 is 33.9 Å². The second-order valence-corrected chi connectivity index (χ2v) is 7.74. The molecule has 33 heavy (non-hydrogen) atoms. The van der Waals surface area contributed by atoms with Gasteiger partial charge in [0.1, 0.15) is 0 Å². The van der Waals surface area contributed by atoms with Gasteiger partial charge in [-0.1, -0.05) is 54.6 Å². The van der Waals surface area contributed by atoms with Crippen LogP contribution in [0, 0.1) is 0 Å². The summed E-state index contributed by atoms with van der Waals surface area (Å²) < 4.78 is 8.30. The maximum absolute atomic E-state index is 12.8. The average Bonchev–Trinajstić information content (AvgIpc) is 3.25. The van der Waals surface area contributed by atoms with E-state index >= 15 is 0 Å². The number of nitrogen functional groups attached to an aromatic ring is 1. The molecule has 0 unspecified atom stereocenters. The second-order valence-electron chi connectivity index (χ2n) is 7.74. The molecule has 8 heteroatoms. The number of carbonyl (C=O) groups excluding carboxylic acids is 1. The summed E-state index contributed by atoms with van der Waals surface area (Å²) in [4.78, 5) is 33.5. The van der Waals surface area contributed by atoms with Crippen molar-refractivity contribution in [3.05, 3.63) is 100 Å². The number of rotatable bonds is 5. The summed E-state index contributed by atoms with van der Waals surface area (Å²) >= 11 is 0. The van der Waals surface area contributed by atoms with Gasteiger partial charge in [-0.05, 0) is 34.0 Å². The van der Waals surface area contributed by atoms with E-state index in [-0.39, 0.29) is 12.5 Å². The number of hydrogen-bond acceptors (Lipinski definition) is 6. The van der Waals surface area contributed by atoms with Crippen LogP contribution in [0.2, 0.25) is 0 Å². The van der Waals surface area contributed by atoms with Crippen LogP contribution in [0.5, 0.6) is 0 Å². The van der Waals surface area contributed by atoms with Gasteiger partial charge in [0.15, 0.2) is 11.2 Å². The van der Waals surface area contributed by atoms with Gasteiger partial charge >= 0.3 is 11.5 Å². The molecule has 8 nitrogen and oxygen atoms in total. The zero-order valence-corrected chi connectivity index (χ0v) is 17.9. The Bertz CT molecular complexity index is 1570. The number of fused-ring (bicyclic) bond motifs is 2. The molecule has 0 saturated heterocycles. The van der Waals surface area contributed by atoms with Crippen LogP contribution in [0.4, 0.5) is 5.95 Å². The number of ether oxygens (including phenoxy) is 1. The minimum Gasteiger partial charge on any atom is -0.465 e. The van der Waals surface area contributed by atoms with Gasteiger partial charge in [-0.2, -0.15) is 4.98 Å². The number of anilines is 1. The normalized spacial score (nSPS) is 11.2. The van der Waals surface area contributed by atoms with Gasteiger partial charge in [-0.15, -0.1) is 0 Å². The Morgan fingerprint density at radius 1 is 1.00 bits per heavy atom. The van der Waals surface area contributed by atoms with Gasteiger partial charge in [0.2, 0.25) is 5.95 Å². The van der Waals surface area contributed by atoms with Crippen LogP contribution in [0.1, 0.15) is 21.5 Å². The monoisotopic (exact) mass is 439 g/mol. The summed E-state index contributed by atoms with van der Waals surface area (Å²) in [5.74, 6) is -0.417. The molecule has 2 N–H and O–H groups in total. The molecule has 0 atom stereocenters. The van der Waals surface area contributed by atoms with Gasteiger partial charge in [0, 0.05) is 6.54 Å². The van der Waals surface area contributed by atoms with Crippen molar-refractivity contribution in [1.29, 1.82) is 0 Å². The Kier molecular flexibility index (Phi) is 5.10. The van der Waals surface area contributed by atoms with Crippen molar-refractivity contribution in [2.75, 3.05) is 12.8 Å². The third kappa shape index (κ3) is 3.71. The first-order valence-electron chi connectivity index (χ1n) is 10.4. The number of carbonyl (C=O) groups is 1. The van der Waals surface area contributed by atoms with E-state index < -0.39 is 11.5 Å². The zero-order valence-electron chi connectivity index (χ0n) is 17.9. The summed E-state index contributed by atoms with van der Waals surface area (Å²) in [6.45, 7) is 0.675. The third-order valence-corrected chi connectivity index (χ3v) is 5.69. The van der Waals surface area contributed by atoms with Gasteiger partial charge in [-0.25, -0.2) is 9.78 Å². The second kappa shape index (κ2) is 8.23. The molecular weight excluding hydrogens is 418 g/mol. The summed E-state index contributed by atoms with van der Waals surface area (Å²) in [5.41, 5.74) is 8.56. The molecule has 2 heterocycles. The van der Waals surface area contributed by atoms with E-state index in [1.165, 1.54) is 7.11 Å². The molecule has 0 bridgehead atoms. The maximum Gasteiger partial charge on any atom is 0.338 e. The van der Waals surface area contributed by atoms with E-state index in [0.29, 0.717) is 28.8 Å². The molecule has 164 valence electrons. The fourth-order valence-electron chi connectivity index (χ4n) is 4.06. The molecule has 5 rings (SSSR count). The number of nitrogens with zero attached hydrogens (tertiary/aromatic N) is 4. The summed E-state index contributed by atoms with van der Waals surface area (Å²) in [6.07, 6.45) is 1.62. The van der Waals surface area contributed by atoms with Gasteiger partial charge in [0.05, 0.1) is 25.5 Å². The van der Waals surface area contributed by atoms with Gasteiger partial charge in [-0.3, -0.25) is 9.36 Å². The number of hydrogen-bond donors (Lipinski definition) is 1. The fourth-order valence-corrected chi connectivity index (χ4v) is 4.06. The number of imidazole rings is 1. The number of aromatic nitrogens is 4. The molecule has 2 aromatic heterocycles. The highest BCUT2D eigenvalue weighted by molar-refractivity contribution is 5.91. The van der Waals surface area contributed by atoms with Crippen LogP contribution in [-0.4, -0.2) is 32.2 Å². The largest absolute Gasteiger partial charge is 0.465 e. The highest BCUT2D eigenvalue weighted by atomic mass is 16.5. The molecule has 3 aromatic carbocycles. The Hall–Kier alpha value is -4.46. The van der Waals surface area contributed by atoms with E-state index in [1.807, 2.05) is 30.3 Å². The van der Waals surface area contributed by atoms with Crippen molar-refractivity contribution in [2.45, 2.75) is 13.1 Å². The Morgan fingerprint density at radius 2 is 1.76 bits per heavy atom. The molecule has 5 aromatic rings. The molecular formula is C25H21N5O3. The minimum atomic E-state index is -0.448. The van der Waals surface area contributed by atoms with E-state index in [4.69, 9.17) is 10.5 Å². The van der Waals surface area contributed by atoms with Crippen LogP contribution in [0.25, 0.3) is 21.9 Å². The van der Waals surface area contributed by atoms with Gasteiger partial charge < -0.3 is 15.0 Å². The summed E-state index contributed by atoms with van der Waals surface area (Å²) in [6, 6.07) is 21.4. The Morgan fingerprint density at radius 3 is 2.58 bits per heavy atom. The number of benzene rings is 3. The quantitative estimate of drug-likeness (QED) is 0.422. The first kappa shape index (κ1) is 20.4. The molecule has 0 radical (unpaired) electrons. The average molecular weight is 439 g/mol. The van der Waals surface area contributed by atoms with Crippen LogP contribution < -0.4 is 11.3 Å². The summed E-state index contributed by atoms with van der Waals surface area (Å²) in [5, 5.41) is 2.27. The van der Waals surface area contributed by atoms with E-state index in [2.05, 4.69) is 34.2 Å². The lowest BCUT2D eigenvalue weighted by Gasteiger charge is -2.13. The fraction of sp³-hybridized carbons (Fsp3) is 0.120. The van der Waals surface area contributed by atoms with Crippen molar-refractivity contribution in [1.82, 2.24) is 19.1 Å². The molecule has 0 aliphatic rings. The molecule has 0 spiro atoms. The van der Waals surface area contributed by atoms with Gasteiger partial charge in [0.25, 0.3) is 0 Å². The highest BCUT2D eigenvalue weighted by Gasteiger charge is 2.18. The lowest BCUT2D eigenvalue weighted by Crippen LogP contribution is -2.21. The van der Waals surface area contributed by atoms with Crippen molar-refractivity contribution in [3.63, 3.8) is 0 Å². The van der Waals surface area contributed by atoms with E-state index in [0.717, 1.165) is 16.3 Å². The number of methoxy groups -OCH3 is 1. The minimum absolute atomic E-state index is 0.0307. The maximum atomic E-state index is 12.8. The summed E-state index contributed by atoms with van der Waals surface area (Å²) in [7, 11) is 1.33. The molecule has 0 aliphatic carbocycles. The van der Waals surface area contributed by atoms with Crippen molar-refractivity contribution < 1.29 is 9.53 Å². The topological polar surface area (TPSA) is 105 Å². The first-order chi connectivity index (χ1) is 16.0. The molecule has 0 amide bonds. The predicted octanol–water partition coefficient (Wildman–Crippen LogP) is 3.21. The van der Waals surface area contributed by atoms with Crippen molar-refractivity contribution in [2.24, 2.45) is 0 Å². The zero-order chi connectivity index (χ0) is 22.9. The van der Waals surface area contributed by atoms with E-state index in [9.17, 15) is 9.59 Å².